The van der Waals surface area contributed by atoms with Gasteiger partial charge in [0.1, 0.15) is 5.75 Å². The summed E-state index contributed by atoms with van der Waals surface area (Å²) in [5.74, 6) is 1.82. The van der Waals surface area contributed by atoms with Crippen LogP contribution in [0.4, 0.5) is 0 Å². The van der Waals surface area contributed by atoms with Crippen LogP contribution in [0, 0.1) is 6.92 Å². The molecule has 2 aromatic carbocycles. The molecule has 4 rings (SSSR count). The largest absolute Gasteiger partial charge is 0.494 e. The van der Waals surface area contributed by atoms with Gasteiger partial charge in [-0.25, -0.2) is 9.97 Å². The number of aryl methyl sites for hydroxylation is 3. The van der Waals surface area contributed by atoms with E-state index in [-0.39, 0.29) is 11.9 Å². The van der Waals surface area contributed by atoms with E-state index in [2.05, 4.69) is 60.5 Å². The molecular weight excluding hydrogens is 450 g/mol. The van der Waals surface area contributed by atoms with E-state index in [1.54, 1.807) is 0 Å². The van der Waals surface area contributed by atoms with Gasteiger partial charge in [0.15, 0.2) is 5.82 Å². The summed E-state index contributed by atoms with van der Waals surface area (Å²) >= 11 is 0. The van der Waals surface area contributed by atoms with E-state index in [9.17, 15) is 4.79 Å². The van der Waals surface area contributed by atoms with E-state index in [0.29, 0.717) is 26.2 Å². The highest BCUT2D eigenvalue weighted by Gasteiger charge is 2.25. The van der Waals surface area contributed by atoms with Crippen LogP contribution < -0.4 is 10.1 Å². The summed E-state index contributed by atoms with van der Waals surface area (Å²) in [6.45, 7) is 8.69. The number of benzene rings is 2. The molecule has 0 bridgehead atoms. The lowest BCUT2D eigenvalue weighted by Crippen LogP contribution is -2.19. The SMILES string of the molecule is CCOC(=O)C[C@@H]1CCc2cc(OCCCNCc3nc(-c4ccc(CC)cc4)ncc3C)ccc21. The molecule has 1 N–H and O–H groups in total. The highest BCUT2D eigenvalue weighted by molar-refractivity contribution is 5.71. The van der Waals surface area contributed by atoms with Gasteiger partial charge in [0.05, 0.1) is 25.3 Å². The third kappa shape index (κ3) is 6.70. The van der Waals surface area contributed by atoms with Gasteiger partial charge < -0.3 is 14.8 Å². The Bertz CT molecular complexity index is 1160. The van der Waals surface area contributed by atoms with Gasteiger partial charge in [-0.3, -0.25) is 4.79 Å². The van der Waals surface area contributed by atoms with Crippen LogP contribution in [0.25, 0.3) is 11.4 Å². The summed E-state index contributed by atoms with van der Waals surface area (Å²) in [6, 6.07) is 14.7. The fourth-order valence-corrected chi connectivity index (χ4v) is 4.68. The second-order valence-corrected chi connectivity index (χ2v) is 9.36. The number of carbonyl (C=O) groups is 1. The molecule has 6 heteroatoms. The Morgan fingerprint density at radius 2 is 1.97 bits per heavy atom. The fraction of sp³-hybridized carbons (Fsp3) is 0.433. The molecule has 36 heavy (non-hydrogen) atoms. The van der Waals surface area contributed by atoms with Crippen molar-refractivity contribution < 1.29 is 14.3 Å². The van der Waals surface area contributed by atoms with Crippen molar-refractivity contribution in [1.29, 1.82) is 0 Å². The second kappa shape index (κ2) is 12.6. The van der Waals surface area contributed by atoms with Crippen molar-refractivity contribution in [1.82, 2.24) is 15.3 Å². The van der Waals surface area contributed by atoms with E-state index >= 15 is 0 Å². The lowest BCUT2D eigenvalue weighted by molar-refractivity contribution is -0.143. The number of rotatable bonds is 12. The Kier molecular flexibility index (Phi) is 9.06. The maximum Gasteiger partial charge on any atom is 0.306 e. The van der Waals surface area contributed by atoms with Crippen LogP contribution in [0.1, 0.15) is 67.0 Å². The number of hydrogen-bond donors (Lipinski definition) is 1. The van der Waals surface area contributed by atoms with Gasteiger partial charge in [-0.1, -0.05) is 37.3 Å². The van der Waals surface area contributed by atoms with E-state index in [4.69, 9.17) is 14.5 Å². The number of nitrogens with one attached hydrogen (secondary N) is 1. The standard InChI is InChI=1S/C30H37N3O3/c1-4-22-7-9-23(10-8-22)30-32-19-21(3)28(33-30)20-31-15-6-16-36-26-13-14-27-24(17-26)11-12-25(27)18-29(34)35-5-2/h7-10,13-14,17,19,25,31H,4-6,11-12,15-16,18,20H2,1-3H3/t25-/m0/s1. The lowest BCUT2D eigenvalue weighted by atomic mass is 9.98. The summed E-state index contributed by atoms with van der Waals surface area (Å²) in [5, 5.41) is 3.49. The number of ether oxygens (including phenoxy) is 2. The van der Waals surface area contributed by atoms with Crippen LogP contribution >= 0.6 is 0 Å². The number of aromatic nitrogens is 2. The third-order valence-corrected chi connectivity index (χ3v) is 6.79. The van der Waals surface area contributed by atoms with Gasteiger partial charge in [0.25, 0.3) is 0 Å². The van der Waals surface area contributed by atoms with Crippen molar-refractivity contribution in [2.24, 2.45) is 0 Å². The zero-order valence-electron chi connectivity index (χ0n) is 21.7. The molecule has 0 aliphatic heterocycles. The topological polar surface area (TPSA) is 73.3 Å². The molecule has 0 amide bonds. The Morgan fingerprint density at radius 3 is 2.75 bits per heavy atom. The summed E-state index contributed by atoms with van der Waals surface area (Å²) in [7, 11) is 0. The number of nitrogens with zero attached hydrogens (tertiary/aromatic N) is 2. The van der Waals surface area contributed by atoms with Crippen LogP contribution in [0.5, 0.6) is 5.75 Å². The average Bonchev–Trinajstić information content (AvgIpc) is 3.29. The Balaban J connectivity index is 1.21. The van der Waals surface area contributed by atoms with E-state index in [1.165, 1.54) is 16.7 Å². The van der Waals surface area contributed by atoms with Crippen molar-refractivity contribution in [2.75, 3.05) is 19.8 Å². The molecule has 1 atom stereocenters. The molecule has 0 saturated heterocycles. The molecule has 1 aliphatic carbocycles. The molecule has 0 spiro atoms. The monoisotopic (exact) mass is 487 g/mol. The normalized spacial score (nSPS) is 14.5. The van der Waals surface area contributed by atoms with Crippen molar-refractivity contribution in [3.8, 4) is 17.1 Å². The quantitative estimate of drug-likeness (QED) is 0.266. The first-order chi connectivity index (χ1) is 17.6. The molecule has 0 radical (unpaired) electrons. The van der Waals surface area contributed by atoms with Crippen LogP contribution in [0.15, 0.2) is 48.7 Å². The smallest absolute Gasteiger partial charge is 0.306 e. The van der Waals surface area contributed by atoms with Crippen LogP contribution in [0.3, 0.4) is 0 Å². The van der Waals surface area contributed by atoms with Gasteiger partial charge >= 0.3 is 5.97 Å². The fourth-order valence-electron chi connectivity index (χ4n) is 4.68. The van der Waals surface area contributed by atoms with Crippen molar-refractivity contribution in [3.63, 3.8) is 0 Å². The van der Waals surface area contributed by atoms with Gasteiger partial charge in [0, 0.05) is 18.3 Å². The highest BCUT2D eigenvalue weighted by atomic mass is 16.5. The van der Waals surface area contributed by atoms with E-state index in [1.807, 2.05) is 19.2 Å². The first-order valence-corrected chi connectivity index (χ1v) is 13.1. The zero-order chi connectivity index (χ0) is 25.3. The molecule has 190 valence electrons. The van der Waals surface area contributed by atoms with Crippen LogP contribution in [0.2, 0.25) is 0 Å². The summed E-state index contributed by atoms with van der Waals surface area (Å²) in [5.41, 5.74) is 7.03. The number of esters is 1. The number of hydrogen-bond acceptors (Lipinski definition) is 6. The van der Waals surface area contributed by atoms with Crippen LogP contribution in [-0.4, -0.2) is 35.7 Å². The van der Waals surface area contributed by atoms with Crippen LogP contribution in [-0.2, 0) is 28.9 Å². The molecule has 1 aliphatic rings. The number of fused-ring (bicyclic) bond motifs is 1. The average molecular weight is 488 g/mol. The Hall–Kier alpha value is -3.25. The molecule has 0 saturated carbocycles. The van der Waals surface area contributed by atoms with Crippen molar-refractivity contribution >= 4 is 5.97 Å². The highest BCUT2D eigenvalue weighted by Crippen LogP contribution is 2.37. The lowest BCUT2D eigenvalue weighted by Gasteiger charge is -2.12. The first kappa shape index (κ1) is 25.8. The van der Waals surface area contributed by atoms with Crippen molar-refractivity contribution in [2.45, 2.75) is 65.3 Å². The Morgan fingerprint density at radius 1 is 1.14 bits per heavy atom. The molecule has 3 aromatic rings. The predicted octanol–water partition coefficient (Wildman–Crippen LogP) is 5.56. The van der Waals surface area contributed by atoms with Gasteiger partial charge in [-0.2, -0.15) is 0 Å². The molecule has 1 heterocycles. The summed E-state index contributed by atoms with van der Waals surface area (Å²) in [6.07, 6.45) is 6.28. The van der Waals surface area contributed by atoms with Crippen molar-refractivity contribution in [3.05, 3.63) is 76.6 Å². The van der Waals surface area contributed by atoms with Gasteiger partial charge in [-0.05, 0) is 86.4 Å². The molecule has 1 aromatic heterocycles. The maximum atomic E-state index is 11.9. The minimum Gasteiger partial charge on any atom is -0.494 e. The first-order valence-electron chi connectivity index (χ1n) is 13.1. The third-order valence-electron chi connectivity index (χ3n) is 6.79. The van der Waals surface area contributed by atoms with E-state index in [0.717, 1.165) is 60.6 Å². The zero-order valence-corrected chi connectivity index (χ0v) is 21.7. The van der Waals surface area contributed by atoms with Gasteiger partial charge in [0.2, 0.25) is 0 Å². The minimum atomic E-state index is -0.109. The van der Waals surface area contributed by atoms with E-state index < -0.39 is 0 Å². The number of carbonyl (C=O) groups excluding carboxylic acids is 1. The Labute approximate surface area is 214 Å². The maximum absolute atomic E-state index is 11.9. The molecular formula is C30H37N3O3. The molecule has 6 nitrogen and oxygen atoms in total. The summed E-state index contributed by atoms with van der Waals surface area (Å²) < 4.78 is 11.1. The minimum absolute atomic E-state index is 0.109. The predicted molar refractivity (Wildman–Crippen MR) is 142 cm³/mol. The molecule has 0 fully saturated rings. The summed E-state index contributed by atoms with van der Waals surface area (Å²) in [4.78, 5) is 21.2. The molecule has 0 unspecified atom stereocenters. The van der Waals surface area contributed by atoms with Gasteiger partial charge in [-0.15, -0.1) is 0 Å². The second-order valence-electron chi connectivity index (χ2n) is 9.36.